The Morgan fingerprint density at radius 3 is 2.76 bits per heavy atom. The van der Waals surface area contributed by atoms with E-state index in [1.807, 2.05) is 0 Å². The summed E-state index contributed by atoms with van der Waals surface area (Å²) < 4.78 is 1.63. The Bertz CT molecular complexity index is 816. The van der Waals surface area contributed by atoms with Crippen LogP contribution < -0.4 is 5.32 Å². The molecule has 7 nitrogen and oxygen atoms in total. The minimum atomic E-state index is -1.15. The predicted octanol–water partition coefficient (Wildman–Crippen LogP) is 1.92. The zero-order valence-electron chi connectivity index (χ0n) is 13.6. The van der Waals surface area contributed by atoms with Crippen LogP contribution in [0.25, 0.3) is 11.1 Å². The highest BCUT2D eigenvalue weighted by molar-refractivity contribution is 6.30. The molecule has 0 bridgehead atoms. The van der Waals surface area contributed by atoms with E-state index in [2.05, 4.69) is 17.0 Å². The molecule has 1 atom stereocenters. The molecule has 0 spiro atoms. The van der Waals surface area contributed by atoms with Crippen molar-refractivity contribution < 1.29 is 19.8 Å². The molecule has 1 heterocycles. The van der Waals surface area contributed by atoms with Gasteiger partial charge in [0.2, 0.25) is 5.91 Å². The van der Waals surface area contributed by atoms with Gasteiger partial charge in [-0.2, -0.15) is 5.10 Å². The molecular formula is C17H18ClN3O4. The minimum absolute atomic E-state index is 0.0413. The highest BCUT2D eigenvalue weighted by Crippen LogP contribution is 2.33. The largest absolute Gasteiger partial charge is 0.480 e. The van der Waals surface area contributed by atoms with E-state index in [1.165, 1.54) is 0 Å². The molecule has 2 rings (SSSR count). The lowest BCUT2D eigenvalue weighted by Gasteiger charge is -2.16. The van der Waals surface area contributed by atoms with E-state index in [0.29, 0.717) is 16.1 Å². The Morgan fingerprint density at radius 1 is 1.44 bits per heavy atom. The quantitative estimate of drug-likeness (QED) is 0.652. The first-order valence-corrected chi connectivity index (χ1v) is 7.80. The number of aliphatic carboxylic acids is 1. The van der Waals surface area contributed by atoms with Crippen LogP contribution in [0.15, 0.2) is 42.7 Å². The van der Waals surface area contributed by atoms with Gasteiger partial charge in [-0.3, -0.25) is 14.3 Å². The fraction of sp³-hybridized carbons (Fsp3) is 0.235. The van der Waals surface area contributed by atoms with Crippen LogP contribution in [-0.2, 0) is 16.6 Å². The first-order chi connectivity index (χ1) is 11.8. The topological polar surface area (TPSA) is 104 Å². The highest BCUT2D eigenvalue weighted by atomic mass is 35.5. The normalized spacial score (nSPS) is 11.8. The molecule has 2 aromatic rings. The number of nitrogens with one attached hydrogen (secondary N) is 1. The number of carboxylic acids is 1. The maximum absolute atomic E-state index is 11.8. The highest BCUT2D eigenvalue weighted by Gasteiger charge is 2.19. The molecule has 132 valence electrons. The number of aliphatic hydroxyl groups is 1. The van der Waals surface area contributed by atoms with Gasteiger partial charge in [-0.25, -0.2) is 0 Å². The van der Waals surface area contributed by atoms with Gasteiger partial charge in [0.05, 0.1) is 12.3 Å². The van der Waals surface area contributed by atoms with Crippen molar-refractivity contribution in [2.75, 3.05) is 6.54 Å². The standard InChI is InChI=1S/C17H18ClN3O4/c1-10(17(25)19-8-16(23)24)5-15(22)13-4-3-12(18)6-14(13)11-7-20-21(2)9-11/h3-4,6-7,9,15,22H,1,5,8H2,2H3,(H,19,25)(H,23,24). The Labute approximate surface area is 149 Å². The molecular weight excluding hydrogens is 346 g/mol. The number of hydrogen-bond donors (Lipinski definition) is 3. The lowest BCUT2D eigenvalue weighted by atomic mass is 9.94. The van der Waals surface area contributed by atoms with E-state index in [9.17, 15) is 14.7 Å². The summed E-state index contributed by atoms with van der Waals surface area (Å²) in [6.07, 6.45) is 2.39. The van der Waals surface area contributed by atoms with Gasteiger partial charge in [0.15, 0.2) is 0 Å². The van der Waals surface area contributed by atoms with Gasteiger partial charge in [-0.15, -0.1) is 0 Å². The Balaban J connectivity index is 2.19. The zero-order valence-corrected chi connectivity index (χ0v) is 14.3. The molecule has 1 amide bonds. The number of carbonyl (C=O) groups is 2. The second kappa shape index (κ2) is 7.96. The second-order valence-corrected chi connectivity index (χ2v) is 5.97. The lowest BCUT2D eigenvalue weighted by Crippen LogP contribution is -2.30. The molecule has 0 aliphatic carbocycles. The molecule has 0 fully saturated rings. The summed E-state index contributed by atoms with van der Waals surface area (Å²) in [5.74, 6) is -1.77. The first kappa shape index (κ1) is 18.7. The fourth-order valence-corrected chi connectivity index (χ4v) is 2.52. The molecule has 0 aliphatic heterocycles. The first-order valence-electron chi connectivity index (χ1n) is 7.42. The lowest BCUT2D eigenvalue weighted by molar-refractivity contribution is -0.137. The number of carbonyl (C=O) groups excluding carboxylic acids is 1. The zero-order chi connectivity index (χ0) is 18.6. The second-order valence-electron chi connectivity index (χ2n) is 5.53. The van der Waals surface area contributed by atoms with Crippen molar-refractivity contribution in [1.29, 1.82) is 0 Å². The fourth-order valence-electron chi connectivity index (χ4n) is 2.35. The summed E-state index contributed by atoms with van der Waals surface area (Å²) in [7, 11) is 1.78. The van der Waals surface area contributed by atoms with E-state index in [0.717, 1.165) is 5.56 Å². The third-order valence-corrected chi connectivity index (χ3v) is 3.79. The number of nitrogens with zero attached hydrogens (tertiary/aromatic N) is 2. The van der Waals surface area contributed by atoms with Gasteiger partial charge < -0.3 is 15.5 Å². The molecule has 1 aromatic heterocycles. The average Bonchev–Trinajstić information content (AvgIpc) is 2.98. The van der Waals surface area contributed by atoms with Crippen LogP contribution in [0.1, 0.15) is 18.1 Å². The van der Waals surface area contributed by atoms with E-state index in [-0.39, 0.29) is 12.0 Å². The summed E-state index contributed by atoms with van der Waals surface area (Å²) in [6.45, 7) is 3.11. The van der Waals surface area contributed by atoms with Crippen LogP contribution in [0.4, 0.5) is 0 Å². The van der Waals surface area contributed by atoms with E-state index < -0.39 is 24.5 Å². The molecule has 0 radical (unpaired) electrons. The molecule has 25 heavy (non-hydrogen) atoms. The molecule has 3 N–H and O–H groups in total. The van der Waals surface area contributed by atoms with Gasteiger partial charge >= 0.3 is 5.97 Å². The van der Waals surface area contributed by atoms with Crippen LogP contribution in [-0.4, -0.2) is 38.4 Å². The van der Waals surface area contributed by atoms with Crippen molar-refractivity contribution in [3.05, 3.63) is 53.3 Å². The Morgan fingerprint density at radius 2 is 2.16 bits per heavy atom. The van der Waals surface area contributed by atoms with Crippen molar-refractivity contribution in [2.24, 2.45) is 7.05 Å². The third-order valence-electron chi connectivity index (χ3n) is 3.55. The van der Waals surface area contributed by atoms with Crippen molar-refractivity contribution in [2.45, 2.75) is 12.5 Å². The number of aryl methyl sites for hydroxylation is 1. The van der Waals surface area contributed by atoms with E-state index in [1.54, 1.807) is 42.3 Å². The molecule has 0 saturated carbocycles. The third kappa shape index (κ3) is 4.91. The predicted molar refractivity (Wildman–Crippen MR) is 93.0 cm³/mol. The van der Waals surface area contributed by atoms with Crippen LogP contribution >= 0.6 is 11.6 Å². The van der Waals surface area contributed by atoms with Gasteiger partial charge in [0.25, 0.3) is 0 Å². The van der Waals surface area contributed by atoms with Crippen LogP contribution in [0.5, 0.6) is 0 Å². The van der Waals surface area contributed by atoms with E-state index >= 15 is 0 Å². The van der Waals surface area contributed by atoms with E-state index in [4.69, 9.17) is 16.7 Å². The number of aromatic nitrogens is 2. The SMILES string of the molecule is C=C(CC(O)c1ccc(Cl)cc1-c1cnn(C)c1)C(=O)NCC(=O)O. The molecule has 8 heteroatoms. The molecule has 1 aromatic carbocycles. The number of aliphatic hydroxyl groups excluding tert-OH is 1. The smallest absolute Gasteiger partial charge is 0.322 e. The number of halogens is 1. The molecule has 0 saturated heterocycles. The van der Waals surface area contributed by atoms with Crippen molar-refractivity contribution in [1.82, 2.24) is 15.1 Å². The number of hydrogen-bond acceptors (Lipinski definition) is 4. The van der Waals surface area contributed by atoms with Crippen LogP contribution in [0.3, 0.4) is 0 Å². The number of rotatable bonds is 7. The van der Waals surface area contributed by atoms with Gasteiger partial charge in [-0.1, -0.05) is 24.2 Å². The number of carboxylic acid groups (broad SMARTS) is 1. The Hall–Kier alpha value is -2.64. The van der Waals surface area contributed by atoms with Gasteiger partial charge in [0.1, 0.15) is 6.54 Å². The summed E-state index contributed by atoms with van der Waals surface area (Å²) in [5.41, 5.74) is 2.14. The maximum atomic E-state index is 11.8. The maximum Gasteiger partial charge on any atom is 0.322 e. The average molecular weight is 364 g/mol. The summed E-state index contributed by atoms with van der Waals surface area (Å²) >= 11 is 6.06. The summed E-state index contributed by atoms with van der Waals surface area (Å²) in [4.78, 5) is 22.3. The van der Waals surface area contributed by atoms with Gasteiger partial charge in [-0.05, 0) is 23.3 Å². The summed E-state index contributed by atoms with van der Waals surface area (Å²) in [5, 5.41) is 25.9. The van der Waals surface area contributed by atoms with Crippen molar-refractivity contribution in [3.63, 3.8) is 0 Å². The van der Waals surface area contributed by atoms with Crippen LogP contribution in [0.2, 0.25) is 5.02 Å². The molecule has 0 aliphatic rings. The van der Waals surface area contributed by atoms with Crippen LogP contribution in [0, 0.1) is 0 Å². The Kier molecular flexibility index (Phi) is 5.95. The van der Waals surface area contributed by atoms with Gasteiger partial charge in [0, 0.05) is 35.8 Å². The van der Waals surface area contributed by atoms with Crippen molar-refractivity contribution >= 4 is 23.5 Å². The van der Waals surface area contributed by atoms with Crippen molar-refractivity contribution in [3.8, 4) is 11.1 Å². The minimum Gasteiger partial charge on any atom is -0.480 e. The number of amides is 1. The molecule has 1 unspecified atom stereocenters. The number of benzene rings is 1. The summed E-state index contributed by atoms with van der Waals surface area (Å²) in [6, 6.07) is 5.04. The monoisotopic (exact) mass is 363 g/mol.